The van der Waals surface area contributed by atoms with E-state index < -0.39 is 53.8 Å². The van der Waals surface area contributed by atoms with Crippen LogP contribution in [0, 0.1) is 11.7 Å². The third-order valence-electron chi connectivity index (χ3n) is 7.42. The van der Waals surface area contributed by atoms with Gasteiger partial charge in [-0.05, 0) is 60.9 Å². The van der Waals surface area contributed by atoms with Crippen molar-refractivity contribution in [1.82, 2.24) is 26.6 Å². The van der Waals surface area contributed by atoms with Crippen LogP contribution in [-0.4, -0.2) is 67.5 Å². The highest BCUT2D eigenvalue weighted by molar-refractivity contribution is 6.30. The van der Waals surface area contributed by atoms with E-state index in [0.717, 1.165) is 0 Å². The topological polar surface area (TPSA) is 155 Å². The average Bonchev–Trinajstić information content (AvgIpc) is 3.01. The van der Waals surface area contributed by atoms with Crippen LogP contribution in [0.3, 0.4) is 0 Å². The van der Waals surface area contributed by atoms with Crippen molar-refractivity contribution in [2.75, 3.05) is 13.7 Å². The Bertz CT molecular complexity index is 1420. The number of hydrogen-bond donors (Lipinski definition) is 5. The molecular formula is C33H41ClFN5O6. The molecule has 46 heavy (non-hydrogen) atoms. The van der Waals surface area contributed by atoms with Crippen LogP contribution in [-0.2, 0) is 36.8 Å². The van der Waals surface area contributed by atoms with Gasteiger partial charge in [-0.15, -0.1) is 0 Å². The van der Waals surface area contributed by atoms with E-state index in [1.54, 1.807) is 56.3 Å². The molecule has 2 aromatic rings. The number of urea groups is 1. The maximum absolute atomic E-state index is 14.5. The highest BCUT2D eigenvalue weighted by Crippen LogP contribution is 2.14. The minimum Gasteiger partial charge on any atom is -0.467 e. The van der Waals surface area contributed by atoms with Crippen molar-refractivity contribution in [2.24, 2.45) is 5.92 Å². The molecule has 5 N–H and O–H groups in total. The monoisotopic (exact) mass is 657 g/mol. The standard InChI is InChI=1S/C33H41ClFN5O6/c1-20(2)29(32(44)46-3)40-33(45)39-27(18-21-9-8-11-23(34)17-21)31(43)38-26-13-6-7-16-36-28(41)15-14-24(37-30(26)42)19-22-10-4-5-12-25(22)35/h4-5,8-12,14-15,17,20,24,26-27,29H,6-7,13,16,18-19H2,1-3H3,(H,36,41)(H,37,42)(H,38,43)(H2,39,40,45)/b15-14+/t24-,26+,27+,29?/m1/s1. The van der Waals surface area contributed by atoms with Crippen molar-refractivity contribution in [1.29, 1.82) is 0 Å². The molecule has 13 heteroatoms. The van der Waals surface area contributed by atoms with Gasteiger partial charge in [-0.2, -0.15) is 0 Å². The summed E-state index contributed by atoms with van der Waals surface area (Å²) < 4.78 is 19.2. The second kappa shape index (κ2) is 17.9. The fourth-order valence-corrected chi connectivity index (χ4v) is 5.13. The number of rotatable bonds is 10. The molecule has 11 nitrogen and oxygen atoms in total. The minimum absolute atomic E-state index is 0.0312. The Morgan fingerprint density at radius 2 is 1.83 bits per heavy atom. The summed E-state index contributed by atoms with van der Waals surface area (Å²) in [4.78, 5) is 64.8. The lowest BCUT2D eigenvalue weighted by atomic mass is 10.0. The molecule has 0 bridgehead atoms. The van der Waals surface area contributed by atoms with Crippen molar-refractivity contribution in [3.63, 3.8) is 0 Å². The van der Waals surface area contributed by atoms with Gasteiger partial charge >= 0.3 is 12.0 Å². The van der Waals surface area contributed by atoms with Gasteiger partial charge in [-0.1, -0.05) is 61.9 Å². The number of carbonyl (C=O) groups excluding carboxylic acids is 5. The Kier molecular flexibility index (Phi) is 14.0. The van der Waals surface area contributed by atoms with E-state index in [1.165, 1.54) is 25.3 Å². The number of carbonyl (C=O) groups is 5. The van der Waals surface area contributed by atoms with Crippen LogP contribution >= 0.6 is 11.6 Å². The zero-order valence-corrected chi connectivity index (χ0v) is 26.9. The Morgan fingerprint density at radius 1 is 1.07 bits per heavy atom. The fourth-order valence-electron chi connectivity index (χ4n) is 4.91. The molecule has 248 valence electrons. The molecule has 0 aliphatic carbocycles. The first-order valence-corrected chi connectivity index (χ1v) is 15.5. The van der Waals surface area contributed by atoms with Crippen molar-refractivity contribution >= 4 is 41.3 Å². The van der Waals surface area contributed by atoms with E-state index >= 15 is 0 Å². The highest BCUT2D eigenvalue weighted by Gasteiger charge is 2.30. The maximum Gasteiger partial charge on any atom is 0.328 e. The van der Waals surface area contributed by atoms with E-state index in [1.807, 2.05) is 0 Å². The van der Waals surface area contributed by atoms with Gasteiger partial charge in [0.05, 0.1) is 13.2 Å². The first-order valence-electron chi connectivity index (χ1n) is 15.2. The molecule has 3 rings (SSSR count). The highest BCUT2D eigenvalue weighted by atomic mass is 35.5. The fraction of sp³-hybridized carbons (Fsp3) is 0.424. The molecule has 5 amide bonds. The van der Waals surface area contributed by atoms with E-state index in [9.17, 15) is 28.4 Å². The second-order valence-corrected chi connectivity index (χ2v) is 11.8. The number of nitrogens with one attached hydrogen (secondary N) is 5. The maximum atomic E-state index is 14.5. The summed E-state index contributed by atoms with van der Waals surface area (Å²) >= 11 is 6.16. The van der Waals surface area contributed by atoms with Crippen LogP contribution in [0.1, 0.15) is 44.2 Å². The summed E-state index contributed by atoms with van der Waals surface area (Å²) in [7, 11) is 1.21. The molecule has 0 spiro atoms. The Labute approximate surface area is 273 Å². The van der Waals surface area contributed by atoms with E-state index in [-0.39, 0.29) is 31.1 Å². The molecule has 2 aromatic carbocycles. The minimum atomic E-state index is -1.16. The number of benzene rings is 2. The summed E-state index contributed by atoms with van der Waals surface area (Å²) in [6.07, 6.45) is 4.15. The van der Waals surface area contributed by atoms with Crippen LogP contribution in [0.5, 0.6) is 0 Å². The predicted molar refractivity (Wildman–Crippen MR) is 171 cm³/mol. The number of esters is 1. The van der Waals surface area contributed by atoms with Gasteiger partial charge in [0, 0.05) is 24.1 Å². The zero-order valence-electron chi connectivity index (χ0n) is 26.1. The lowest BCUT2D eigenvalue weighted by molar-refractivity contribution is -0.144. The number of amides is 5. The lowest BCUT2D eigenvalue weighted by Crippen LogP contribution is -2.58. The van der Waals surface area contributed by atoms with Crippen molar-refractivity contribution in [3.05, 3.63) is 82.6 Å². The molecule has 1 heterocycles. The summed E-state index contributed by atoms with van der Waals surface area (Å²) in [6.45, 7) is 3.83. The van der Waals surface area contributed by atoms with Crippen LogP contribution in [0.25, 0.3) is 0 Å². The molecule has 0 saturated heterocycles. The van der Waals surface area contributed by atoms with Gasteiger partial charge in [0.25, 0.3) is 0 Å². The summed E-state index contributed by atoms with van der Waals surface area (Å²) in [5, 5.41) is 14.0. The molecule has 0 aromatic heterocycles. The Balaban J connectivity index is 1.83. The molecule has 1 unspecified atom stereocenters. The largest absolute Gasteiger partial charge is 0.467 e. The molecule has 0 fully saturated rings. The normalized spacial score (nSPS) is 19.3. The quantitative estimate of drug-likeness (QED) is 0.248. The second-order valence-electron chi connectivity index (χ2n) is 11.4. The van der Waals surface area contributed by atoms with Crippen molar-refractivity contribution in [3.8, 4) is 0 Å². The van der Waals surface area contributed by atoms with Gasteiger partial charge < -0.3 is 31.3 Å². The average molecular weight is 658 g/mol. The smallest absolute Gasteiger partial charge is 0.328 e. The van der Waals surface area contributed by atoms with Crippen LogP contribution in [0.15, 0.2) is 60.7 Å². The molecule has 0 radical (unpaired) electrons. The van der Waals surface area contributed by atoms with Gasteiger partial charge in [-0.3, -0.25) is 14.4 Å². The van der Waals surface area contributed by atoms with Gasteiger partial charge in [0.1, 0.15) is 23.9 Å². The van der Waals surface area contributed by atoms with Crippen molar-refractivity contribution in [2.45, 2.75) is 70.1 Å². The molecule has 1 aliphatic rings. The van der Waals surface area contributed by atoms with Gasteiger partial charge in [-0.25, -0.2) is 14.0 Å². The van der Waals surface area contributed by atoms with Crippen molar-refractivity contribution < 1.29 is 33.1 Å². The zero-order chi connectivity index (χ0) is 33.6. The summed E-state index contributed by atoms with van der Waals surface area (Å²) in [5.41, 5.74) is 0.990. The summed E-state index contributed by atoms with van der Waals surface area (Å²) in [5.74, 6) is -2.90. The predicted octanol–water partition coefficient (Wildman–Crippen LogP) is 2.96. The molecule has 0 saturated carbocycles. The first-order chi connectivity index (χ1) is 22.0. The SMILES string of the molecule is COC(=O)C(NC(=O)N[C@@H](Cc1cccc(Cl)c1)C(=O)N[C@H]1CCCCNC(=O)/C=C/[C@H](Cc2ccccc2F)NC1=O)C(C)C. The number of methoxy groups -OCH3 is 1. The van der Waals surface area contributed by atoms with Gasteiger partial charge in [0.15, 0.2) is 0 Å². The van der Waals surface area contributed by atoms with Crippen LogP contribution in [0.2, 0.25) is 5.02 Å². The van der Waals surface area contributed by atoms with E-state index in [2.05, 4.69) is 26.6 Å². The van der Waals surface area contributed by atoms with E-state index in [4.69, 9.17) is 16.3 Å². The number of hydrogen-bond acceptors (Lipinski definition) is 6. The van der Waals surface area contributed by atoms with Gasteiger partial charge in [0.2, 0.25) is 17.7 Å². The van der Waals surface area contributed by atoms with Crippen LogP contribution in [0.4, 0.5) is 9.18 Å². The first kappa shape index (κ1) is 36.0. The Hall–Kier alpha value is -4.45. The number of ether oxygens (including phenoxy) is 1. The third kappa shape index (κ3) is 11.5. The third-order valence-corrected chi connectivity index (χ3v) is 7.65. The number of halogens is 2. The Morgan fingerprint density at radius 3 is 2.52 bits per heavy atom. The van der Waals surface area contributed by atoms with E-state index in [0.29, 0.717) is 35.5 Å². The molecular weight excluding hydrogens is 617 g/mol. The lowest BCUT2D eigenvalue weighted by Gasteiger charge is -2.26. The van der Waals surface area contributed by atoms with Crippen LogP contribution < -0.4 is 26.6 Å². The summed E-state index contributed by atoms with van der Waals surface area (Å²) in [6, 6.07) is 8.24. The molecule has 1 aliphatic heterocycles. The molecule has 4 atom stereocenters.